The number of rotatable bonds is 5. The number of phenols is 1. The van der Waals surface area contributed by atoms with Crippen molar-refractivity contribution in [3.05, 3.63) is 65.7 Å². The highest BCUT2D eigenvalue weighted by molar-refractivity contribution is 5.29. The van der Waals surface area contributed by atoms with E-state index in [1.165, 1.54) is 0 Å². The summed E-state index contributed by atoms with van der Waals surface area (Å²) in [7, 11) is 0. The Morgan fingerprint density at radius 1 is 1.00 bits per heavy atom. The Balaban J connectivity index is 2.10. The van der Waals surface area contributed by atoms with E-state index in [4.69, 9.17) is 0 Å². The summed E-state index contributed by atoms with van der Waals surface area (Å²) in [5.74, 6) is 0.256. The van der Waals surface area contributed by atoms with E-state index in [-0.39, 0.29) is 24.4 Å². The van der Waals surface area contributed by atoms with Gasteiger partial charge in [-0.05, 0) is 30.2 Å². The van der Waals surface area contributed by atoms with Gasteiger partial charge >= 0.3 is 0 Å². The highest BCUT2D eigenvalue weighted by atomic mass is 16.3. The van der Waals surface area contributed by atoms with E-state index in [2.05, 4.69) is 5.32 Å². The molecule has 2 aromatic carbocycles. The van der Waals surface area contributed by atoms with Gasteiger partial charge < -0.3 is 15.5 Å². The number of benzene rings is 2. The molecule has 0 amide bonds. The Kier molecular flexibility index (Phi) is 4.55. The van der Waals surface area contributed by atoms with Gasteiger partial charge in [0, 0.05) is 6.04 Å². The second-order valence-electron chi connectivity index (χ2n) is 4.63. The van der Waals surface area contributed by atoms with E-state index in [0.717, 1.165) is 11.1 Å². The molecule has 2 aromatic rings. The topological polar surface area (TPSA) is 52.5 Å². The molecule has 0 saturated heterocycles. The Morgan fingerprint density at radius 3 is 2.32 bits per heavy atom. The average molecular weight is 257 g/mol. The maximum Gasteiger partial charge on any atom is 0.115 e. The lowest BCUT2D eigenvalue weighted by Gasteiger charge is -2.22. The van der Waals surface area contributed by atoms with Crippen LogP contribution in [0.5, 0.6) is 5.75 Å². The molecule has 0 bridgehead atoms. The lowest BCUT2D eigenvalue weighted by Crippen LogP contribution is -2.27. The molecule has 2 atom stereocenters. The first-order chi connectivity index (χ1) is 9.20. The molecular formula is C16H19NO2. The van der Waals surface area contributed by atoms with Crippen LogP contribution in [0.15, 0.2) is 54.6 Å². The molecule has 3 heteroatoms. The predicted octanol–water partition coefficient (Wildman–Crippen LogP) is 2.78. The van der Waals surface area contributed by atoms with Crippen molar-refractivity contribution in [2.45, 2.75) is 19.0 Å². The van der Waals surface area contributed by atoms with Crippen molar-refractivity contribution in [2.75, 3.05) is 6.61 Å². The largest absolute Gasteiger partial charge is 0.508 e. The van der Waals surface area contributed by atoms with E-state index in [1.807, 2.05) is 49.4 Å². The normalized spacial score (nSPS) is 14.0. The first-order valence-corrected chi connectivity index (χ1v) is 6.41. The number of phenolic OH excluding ortho intramolecular Hbond substituents is 1. The van der Waals surface area contributed by atoms with Gasteiger partial charge in [-0.3, -0.25) is 0 Å². The Bertz CT molecular complexity index is 513. The fraction of sp³-hybridized carbons (Fsp3) is 0.250. The third kappa shape index (κ3) is 3.56. The Labute approximate surface area is 113 Å². The zero-order chi connectivity index (χ0) is 13.7. The molecule has 19 heavy (non-hydrogen) atoms. The highest BCUT2D eigenvalue weighted by Gasteiger charge is 2.14. The summed E-state index contributed by atoms with van der Waals surface area (Å²) in [5, 5.41) is 22.4. The minimum absolute atomic E-state index is 0.0349. The van der Waals surface area contributed by atoms with Gasteiger partial charge in [-0.1, -0.05) is 42.5 Å². The van der Waals surface area contributed by atoms with Crippen LogP contribution in [-0.4, -0.2) is 16.8 Å². The van der Waals surface area contributed by atoms with Crippen LogP contribution in [0.2, 0.25) is 0 Å². The summed E-state index contributed by atoms with van der Waals surface area (Å²) in [4.78, 5) is 0. The molecule has 100 valence electrons. The van der Waals surface area contributed by atoms with Gasteiger partial charge in [0.05, 0.1) is 12.6 Å². The molecule has 0 spiro atoms. The second kappa shape index (κ2) is 6.36. The number of aromatic hydroxyl groups is 1. The molecular weight excluding hydrogens is 238 g/mol. The van der Waals surface area contributed by atoms with Crippen LogP contribution in [0.1, 0.15) is 30.1 Å². The van der Waals surface area contributed by atoms with Crippen LogP contribution in [-0.2, 0) is 0 Å². The van der Waals surface area contributed by atoms with Crippen molar-refractivity contribution in [2.24, 2.45) is 0 Å². The number of hydrogen-bond donors (Lipinski definition) is 3. The molecule has 0 saturated carbocycles. The maximum atomic E-state index is 9.52. The number of aliphatic hydroxyl groups is 1. The summed E-state index contributed by atoms with van der Waals surface area (Å²) >= 11 is 0. The van der Waals surface area contributed by atoms with Crippen LogP contribution >= 0.6 is 0 Å². The molecule has 0 aliphatic rings. The van der Waals surface area contributed by atoms with Crippen molar-refractivity contribution in [3.63, 3.8) is 0 Å². The standard InChI is InChI=1S/C16H19NO2/c1-12(14-8-5-9-15(19)10-14)17-16(11-18)13-6-3-2-4-7-13/h2-10,12,16-19H,11H2,1H3/t12?,16-/m1/s1. The minimum Gasteiger partial charge on any atom is -0.508 e. The van der Waals surface area contributed by atoms with Gasteiger partial charge in [-0.15, -0.1) is 0 Å². The van der Waals surface area contributed by atoms with Crippen LogP contribution in [0.25, 0.3) is 0 Å². The molecule has 2 rings (SSSR count). The van der Waals surface area contributed by atoms with Crippen LogP contribution < -0.4 is 5.32 Å². The first-order valence-electron chi connectivity index (χ1n) is 6.41. The quantitative estimate of drug-likeness (QED) is 0.772. The van der Waals surface area contributed by atoms with Gasteiger partial charge in [-0.25, -0.2) is 0 Å². The van der Waals surface area contributed by atoms with Crippen molar-refractivity contribution in [1.82, 2.24) is 5.32 Å². The summed E-state index contributed by atoms with van der Waals surface area (Å²) < 4.78 is 0. The van der Waals surface area contributed by atoms with E-state index >= 15 is 0 Å². The molecule has 0 fully saturated rings. The lowest BCUT2D eigenvalue weighted by molar-refractivity contribution is 0.235. The summed E-state index contributed by atoms with van der Waals surface area (Å²) in [5.41, 5.74) is 2.05. The second-order valence-corrected chi connectivity index (χ2v) is 4.63. The van der Waals surface area contributed by atoms with Crippen molar-refractivity contribution < 1.29 is 10.2 Å². The van der Waals surface area contributed by atoms with Gasteiger partial charge in [0.1, 0.15) is 5.75 Å². The summed E-state index contributed by atoms with van der Waals surface area (Å²) in [6, 6.07) is 16.9. The van der Waals surface area contributed by atoms with Crippen LogP contribution in [0, 0.1) is 0 Å². The van der Waals surface area contributed by atoms with Gasteiger partial charge in [0.15, 0.2) is 0 Å². The molecule has 0 aliphatic carbocycles. The molecule has 1 unspecified atom stereocenters. The molecule has 0 heterocycles. The Hall–Kier alpha value is -1.84. The van der Waals surface area contributed by atoms with E-state index in [0.29, 0.717) is 0 Å². The third-order valence-electron chi connectivity index (χ3n) is 3.21. The predicted molar refractivity (Wildman–Crippen MR) is 75.9 cm³/mol. The summed E-state index contributed by atoms with van der Waals surface area (Å²) in [6.07, 6.45) is 0. The van der Waals surface area contributed by atoms with Crippen molar-refractivity contribution in [3.8, 4) is 5.75 Å². The molecule has 0 aromatic heterocycles. The smallest absolute Gasteiger partial charge is 0.115 e. The molecule has 0 radical (unpaired) electrons. The van der Waals surface area contributed by atoms with Gasteiger partial charge in [-0.2, -0.15) is 0 Å². The lowest BCUT2D eigenvalue weighted by atomic mass is 10.0. The van der Waals surface area contributed by atoms with Gasteiger partial charge in [0.25, 0.3) is 0 Å². The average Bonchev–Trinajstić information content (AvgIpc) is 2.45. The number of hydrogen-bond acceptors (Lipinski definition) is 3. The zero-order valence-corrected chi connectivity index (χ0v) is 11.0. The fourth-order valence-electron chi connectivity index (χ4n) is 2.13. The van der Waals surface area contributed by atoms with Crippen molar-refractivity contribution >= 4 is 0 Å². The molecule has 0 aliphatic heterocycles. The summed E-state index contributed by atoms with van der Waals surface area (Å²) in [6.45, 7) is 2.05. The van der Waals surface area contributed by atoms with Gasteiger partial charge in [0.2, 0.25) is 0 Å². The molecule has 3 nitrogen and oxygen atoms in total. The van der Waals surface area contributed by atoms with Crippen LogP contribution in [0.3, 0.4) is 0 Å². The van der Waals surface area contributed by atoms with Crippen LogP contribution in [0.4, 0.5) is 0 Å². The number of nitrogens with one attached hydrogen (secondary N) is 1. The third-order valence-corrected chi connectivity index (χ3v) is 3.21. The molecule has 3 N–H and O–H groups in total. The fourth-order valence-corrected chi connectivity index (χ4v) is 2.13. The first kappa shape index (κ1) is 13.6. The highest BCUT2D eigenvalue weighted by Crippen LogP contribution is 2.21. The SMILES string of the molecule is CC(N[C@H](CO)c1ccccc1)c1cccc(O)c1. The van der Waals surface area contributed by atoms with E-state index in [1.54, 1.807) is 12.1 Å². The monoisotopic (exact) mass is 257 g/mol. The minimum atomic E-state index is -0.112. The zero-order valence-electron chi connectivity index (χ0n) is 11.0. The number of aliphatic hydroxyl groups excluding tert-OH is 1. The maximum absolute atomic E-state index is 9.52. The van der Waals surface area contributed by atoms with E-state index < -0.39 is 0 Å². The van der Waals surface area contributed by atoms with E-state index in [9.17, 15) is 10.2 Å². The van der Waals surface area contributed by atoms with Crippen molar-refractivity contribution in [1.29, 1.82) is 0 Å². The Morgan fingerprint density at radius 2 is 1.68 bits per heavy atom.